The van der Waals surface area contributed by atoms with Gasteiger partial charge in [0.05, 0.1) is 36.1 Å². The van der Waals surface area contributed by atoms with E-state index in [2.05, 4.69) is 117 Å². The van der Waals surface area contributed by atoms with Crippen molar-refractivity contribution in [3.05, 3.63) is 92.5 Å². The third-order valence-corrected chi connectivity index (χ3v) is 13.5. The molecule has 0 atom stereocenters. The summed E-state index contributed by atoms with van der Waals surface area (Å²) in [5, 5.41) is 0. The molecular formula is C28H14Br2S5. The van der Waals surface area contributed by atoms with Crippen LogP contribution in [0.4, 0.5) is 0 Å². The molecule has 0 amide bonds. The number of hydrogen-bond donors (Lipinski definition) is 0. The van der Waals surface area contributed by atoms with Crippen LogP contribution in [0.25, 0.3) is 60.6 Å². The van der Waals surface area contributed by atoms with E-state index in [9.17, 15) is 0 Å². The molecule has 0 aliphatic rings. The number of halogens is 2. The van der Waals surface area contributed by atoms with Crippen LogP contribution >= 0.6 is 88.5 Å². The van der Waals surface area contributed by atoms with Crippen LogP contribution in [-0.2, 0) is 0 Å². The fraction of sp³-hybridized carbons (Fsp3) is 0. The van der Waals surface area contributed by atoms with E-state index in [-0.39, 0.29) is 0 Å². The standard InChI is InChI=1S/C28H14Br2S5/c29-19-13-11-17(31-19)23-21(15-7-3-1-4-8-15)25-27(33-23)28-26(35-25)22(16-9-5-2-6-10-16)24(34-28)18-12-14-20(30)32-18/h1-14H. The summed E-state index contributed by atoms with van der Waals surface area (Å²) in [5.74, 6) is 0. The van der Waals surface area contributed by atoms with Crippen LogP contribution in [0.15, 0.2) is 92.5 Å². The molecule has 0 bridgehead atoms. The van der Waals surface area contributed by atoms with Gasteiger partial charge in [0, 0.05) is 20.9 Å². The van der Waals surface area contributed by atoms with Gasteiger partial charge >= 0.3 is 0 Å². The maximum atomic E-state index is 3.68. The third kappa shape index (κ3) is 3.84. The summed E-state index contributed by atoms with van der Waals surface area (Å²) in [4.78, 5) is 5.37. The predicted octanol–water partition coefficient (Wildman–Crippen LogP) is 12.5. The van der Waals surface area contributed by atoms with Crippen LogP contribution in [0.2, 0.25) is 0 Å². The lowest BCUT2D eigenvalue weighted by atomic mass is 10.1. The van der Waals surface area contributed by atoms with Crippen LogP contribution in [0.3, 0.4) is 0 Å². The summed E-state index contributed by atoms with van der Waals surface area (Å²) in [7, 11) is 0. The molecule has 35 heavy (non-hydrogen) atoms. The fourth-order valence-corrected chi connectivity index (χ4v) is 12.0. The van der Waals surface area contributed by atoms with Gasteiger partial charge in [-0.05, 0) is 67.3 Å². The Balaban J connectivity index is 1.57. The lowest BCUT2D eigenvalue weighted by molar-refractivity contribution is 1.69. The minimum atomic E-state index is 1.17. The molecule has 2 aromatic carbocycles. The van der Waals surface area contributed by atoms with Crippen molar-refractivity contribution in [2.24, 2.45) is 0 Å². The first-order valence-corrected chi connectivity index (χ1v) is 16.5. The number of thiophene rings is 5. The molecular weight excluding hydrogens is 656 g/mol. The first-order chi connectivity index (χ1) is 17.2. The highest BCUT2D eigenvalue weighted by Gasteiger charge is 2.26. The summed E-state index contributed by atoms with van der Waals surface area (Å²) in [6.45, 7) is 0. The molecule has 0 saturated carbocycles. The van der Waals surface area contributed by atoms with Gasteiger partial charge in [0.1, 0.15) is 0 Å². The highest BCUT2D eigenvalue weighted by molar-refractivity contribution is 9.11. The van der Waals surface area contributed by atoms with Crippen LogP contribution in [0, 0.1) is 0 Å². The van der Waals surface area contributed by atoms with Crippen molar-refractivity contribution in [2.75, 3.05) is 0 Å². The summed E-state index contributed by atoms with van der Waals surface area (Å²) in [6, 6.07) is 30.5. The second kappa shape index (κ2) is 9.06. The Bertz CT molecular complexity index is 1680. The van der Waals surface area contributed by atoms with Gasteiger partial charge in [0.2, 0.25) is 0 Å². The molecule has 0 aliphatic carbocycles. The Morgan fingerprint density at radius 2 is 0.829 bits per heavy atom. The van der Waals surface area contributed by atoms with Gasteiger partial charge in [-0.2, -0.15) is 0 Å². The van der Waals surface area contributed by atoms with Crippen molar-refractivity contribution >= 4 is 107 Å². The molecule has 7 rings (SSSR count). The van der Waals surface area contributed by atoms with Gasteiger partial charge in [-0.15, -0.1) is 56.7 Å². The maximum Gasteiger partial charge on any atom is 0.0705 e. The van der Waals surface area contributed by atoms with Crippen LogP contribution in [0.1, 0.15) is 0 Å². The lowest BCUT2D eigenvalue weighted by Gasteiger charge is -2.04. The first kappa shape index (κ1) is 22.6. The summed E-state index contributed by atoms with van der Waals surface area (Å²) < 4.78 is 7.96. The van der Waals surface area contributed by atoms with Crippen molar-refractivity contribution in [2.45, 2.75) is 0 Å². The van der Waals surface area contributed by atoms with Gasteiger partial charge < -0.3 is 0 Å². The number of fused-ring (bicyclic) bond motifs is 3. The van der Waals surface area contributed by atoms with Gasteiger partial charge in [-0.25, -0.2) is 0 Å². The Kier molecular flexibility index (Phi) is 5.85. The molecule has 0 fully saturated rings. The Morgan fingerprint density at radius 3 is 1.20 bits per heavy atom. The molecule has 7 heteroatoms. The third-order valence-electron chi connectivity index (χ3n) is 5.86. The summed E-state index contributed by atoms with van der Waals surface area (Å²) in [6.07, 6.45) is 0. The predicted molar refractivity (Wildman–Crippen MR) is 168 cm³/mol. The minimum absolute atomic E-state index is 1.17. The fourth-order valence-electron chi connectivity index (χ4n) is 4.38. The molecule has 5 aromatic heterocycles. The Labute approximate surface area is 239 Å². The number of hydrogen-bond acceptors (Lipinski definition) is 5. The van der Waals surface area contributed by atoms with Crippen molar-refractivity contribution in [1.82, 2.24) is 0 Å². The van der Waals surface area contributed by atoms with E-state index in [0.29, 0.717) is 0 Å². The SMILES string of the molecule is Brc1ccc(-c2sc3c(sc4c(-c5ccccc5)c(-c5ccc(Br)s5)sc43)c2-c2ccccc2)s1. The van der Waals surface area contributed by atoms with Gasteiger partial charge in [-0.1, -0.05) is 60.7 Å². The van der Waals surface area contributed by atoms with Gasteiger partial charge in [0.25, 0.3) is 0 Å². The highest BCUT2D eigenvalue weighted by Crippen LogP contribution is 2.58. The molecule has 0 nitrogen and oxygen atoms in total. The van der Waals surface area contributed by atoms with E-state index in [1.165, 1.54) is 68.1 Å². The Hall–Kier alpha value is -1.58. The zero-order valence-electron chi connectivity index (χ0n) is 17.9. The van der Waals surface area contributed by atoms with Crippen molar-refractivity contribution in [3.8, 4) is 41.8 Å². The summed E-state index contributed by atoms with van der Waals surface area (Å²) in [5.41, 5.74) is 5.31. The van der Waals surface area contributed by atoms with E-state index >= 15 is 0 Å². The highest BCUT2D eigenvalue weighted by atomic mass is 79.9. The molecule has 170 valence electrons. The number of rotatable bonds is 4. The molecule has 5 heterocycles. The zero-order chi connectivity index (χ0) is 23.5. The van der Waals surface area contributed by atoms with Crippen LogP contribution in [0.5, 0.6) is 0 Å². The van der Waals surface area contributed by atoms with Crippen LogP contribution < -0.4 is 0 Å². The van der Waals surface area contributed by atoms with Crippen molar-refractivity contribution < 1.29 is 0 Å². The molecule has 0 saturated heterocycles. The Morgan fingerprint density at radius 1 is 0.400 bits per heavy atom. The molecule has 0 aliphatic heterocycles. The molecule has 7 aromatic rings. The van der Waals surface area contributed by atoms with E-state index < -0.39 is 0 Å². The number of benzene rings is 2. The summed E-state index contributed by atoms with van der Waals surface area (Å²) >= 11 is 16.8. The van der Waals surface area contributed by atoms with Crippen molar-refractivity contribution in [3.63, 3.8) is 0 Å². The van der Waals surface area contributed by atoms with Gasteiger partial charge in [-0.3, -0.25) is 0 Å². The monoisotopic (exact) mass is 668 g/mol. The molecule has 0 radical (unpaired) electrons. The van der Waals surface area contributed by atoms with E-state index in [4.69, 9.17) is 0 Å². The normalized spacial score (nSPS) is 11.7. The van der Waals surface area contributed by atoms with E-state index in [1.807, 2.05) is 56.7 Å². The second-order valence-corrected chi connectivity index (χ2v) is 16.0. The van der Waals surface area contributed by atoms with Crippen LogP contribution in [-0.4, -0.2) is 0 Å². The van der Waals surface area contributed by atoms with Gasteiger partial charge in [0.15, 0.2) is 0 Å². The zero-order valence-corrected chi connectivity index (χ0v) is 25.1. The molecule has 0 spiro atoms. The minimum Gasteiger partial charge on any atom is -0.132 e. The average molecular weight is 671 g/mol. The lowest BCUT2D eigenvalue weighted by Crippen LogP contribution is -1.77. The largest absolute Gasteiger partial charge is 0.132 e. The maximum absolute atomic E-state index is 3.68. The first-order valence-electron chi connectivity index (χ1n) is 10.8. The molecule has 0 unspecified atom stereocenters. The second-order valence-electron chi connectivity index (χ2n) is 7.97. The smallest absolute Gasteiger partial charge is 0.0705 e. The topological polar surface area (TPSA) is 0 Å². The molecule has 0 N–H and O–H groups in total. The quantitative estimate of drug-likeness (QED) is 0.175. The van der Waals surface area contributed by atoms with E-state index in [1.54, 1.807) is 0 Å². The van der Waals surface area contributed by atoms with Crippen molar-refractivity contribution in [1.29, 1.82) is 0 Å². The van der Waals surface area contributed by atoms with E-state index in [0.717, 1.165) is 0 Å². The average Bonchev–Trinajstić information content (AvgIpc) is 3.67.